The van der Waals surface area contributed by atoms with E-state index in [1.165, 1.54) is 11.9 Å². The zero-order valence-corrected chi connectivity index (χ0v) is 11.1. The maximum absolute atomic E-state index is 5.57. The molecule has 0 saturated carbocycles. The van der Waals surface area contributed by atoms with Crippen molar-refractivity contribution < 1.29 is 0 Å². The van der Waals surface area contributed by atoms with Crippen LogP contribution in [0.3, 0.4) is 0 Å². The zero-order valence-electron chi connectivity index (χ0n) is 11.1. The first-order valence-corrected chi connectivity index (χ1v) is 6.33. The van der Waals surface area contributed by atoms with Crippen molar-refractivity contribution in [2.24, 2.45) is 0 Å². The van der Waals surface area contributed by atoms with Crippen molar-refractivity contribution in [2.75, 3.05) is 36.1 Å². The van der Waals surface area contributed by atoms with Crippen molar-refractivity contribution in [3.05, 3.63) is 42.7 Å². The first-order valence-electron chi connectivity index (χ1n) is 6.33. The van der Waals surface area contributed by atoms with Crippen LogP contribution in [0.5, 0.6) is 0 Å². The Bertz CT molecular complexity index is 500. The minimum atomic E-state index is 0.436. The van der Waals surface area contributed by atoms with Crippen LogP contribution in [0.1, 0.15) is 6.42 Å². The van der Waals surface area contributed by atoms with Crippen LogP contribution in [0.4, 0.5) is 17.3 Å². The number of para-hydroxylation sites is 1. The predicted octanol–water partition coefficient (Wildman–Crippen LogP) is 2.00. The van der Waals surface area contributed by atoms with Gasteiger partial charge in [0.2, 0.25) is 0 Å². The SMILES string of the molecule is CN(CCCNc1cncc(N)n1)c1ccccc1. The van der Waals surface area contributed by atoms with E-state index in [9.17, 15) is 0 Å². The van der Waals surface area contributed by atoms with E-state index in [0.717, 1.165) is 25.3 Å². The molecule has 5 nitrogen and oxygen atoms in total. The Morgan fingerprint density at radius 2 is 2.00 bits per heavy atom. The summed E-state index contributed by atoms with van der Waals surface area (Å²) >= 11 is 0. The lowest BCUT2D eigenvalue weighted by molar-refractivity contribution is 0.814. The monoisotopic (exact) mass is 257 g/mol. The van der Waals surface area contributed by atoms with Gasteiger partial charge in [-0.1, -0.05) is 18.2 Å². The van der Waals surface area contributed by atoms with Gasteiger partial charge in [-0.25, -0.2) is 4.98 Å². The van der Waals surface area contributed by atoms with Gasteiger partial charge in [0, 0.05) is 25.8 Å². The summed E-state index contributed by atoms with van der Waals surface area (Å²) < 4.78 is 0. The van der Waals surface area contributed by atoms with Gasteiger partial charge >= 0.3 is 0 Å². The maximum Gasteiger partial charge on any atom is 0.146 e. The maximum atomic E-state index is 5.57. The molecule has 0 fully saturated rings. The van der Waals surface area contributed by atoms with E-state index in [0.29, 0.717) is 5.82 Å². The summed E-state index contributed by atoms with van der Waals surface area (Å²) in [6.45, 7) is 1.82. The molecule has 0 spiro atoms. The lowest BCUT2D eigenvalue weighted by atomic mass is 10.3. The highest BCUT2D eigenvalue weighted by molar-refractivity contribution is 5.45. The van der Waals surface area contributed by atoms with Gasteiger partial charge in [0.05, 0.1) is 12.4 Å². The third-order valence-electron chi connectivity index (χ3n) is 2.83. The summed E-state index contributed by atoms with van der Waals surface area (Å²) in [5.41, 5.74) is 6.79. The highest BCUT2D eigenvalue weighted by atomic mass is 15.1. The highest BCUT2D eigenvalue weighted by Crippen LogP contribution is 2.11. The van der Waals surface area contributed by atoms with Gasteiger partial charge < -0.3 is 16.0 Å². The molecular formula is C14H19N5. The first-order chi connectivity index (χ1) is 9.25. The number of rotatable bonds is 6. The number of benzene rings is 1. The van der Waals surface area contributed by atoms with Crippen LogP contribution < -0.4 is 16.0 Å². The molecule has 100 valence electrons. The number of nitrogen functional groups attached to an aromatic ring is 1. The van der Waals surface area contributed by atoms with Crippen molar-refractivity contribution >= 4 is 17.3 Å². The topological polar surface area (TPSA) is 67.1 Å². The molecule has 0 aliphatic heterocycles. The number of nitrogens with zero attached hydrogens (tertiary/aromatic N) is 3. The quantitative estimate of drug-likeness (QED) is 0.775. The van der Waals surface area contributed by atoms with Crippen LogP contribution in [0.15, 0.2) is 42.7 Å². The Labute approximate surface area is 113 Å². The number of nitrogens with two attached hydrogens (primary N) is 1. The summed E-state index contributed by atoms with van der Waals surface area (Å²) in [4.78, 5) is 10.4. The summed E-state index contributed by atoms with van der Waals surface area (Å²) in [7, 11) is 2.09. The Kier molecular flexibility index (Phi) is 4.55. The fraction of sp³-hybridized carbons (Fsp3) is 0.286. The van der Waals surface area contributed by atoms with Gasteiger partial charge in [-0.05, 0) is 18.6 Å². The molecule has 5 heteroatoms. The van der Waals surface area contributed by atoms with Gasteiger partial charge in [-0.3, -0.25) is 4.98 Å². The third kappa shape index (κ3) is 4.13. The molecule has 0 bridgehead atoms. The molecule has 1 aromatic carbocycles. The number of aromatic nitrogens is 2. The summed E-state index contributed by atoms with van der Waals surface area (Å²) in [6, 6.07) is 10.3. The van der Waals surface area contributed by atoms with Crippen molar-refractivity contribution in [1.29, 1.82) is 0 Å². The molecule has 0 amide bonds. The van der Waals surface area contributed by atoms with E-state index in [4.69, 9.17) is 5.73 Å². The fourth-order valence-electron chi connectivity index (χ4n) is 1.81. The Morgan fingerprint density at radius 3 is 2.74 bits per heavy atom. The number of hydrogen-bond acceptors (Lipinski definition) is 5. The Morgan fingerprint density at radius 1 is 1.21 bits per heavy atom. The summed E-state index contributed by atoms with van der Waals surface area (Å²) in [6.07, 6.45) is 4.23. The van der Waals surface area contributed by atoms with E-state index >= 15 is 0 Å². The lowest BCUT2D eigenvalue weighted by Crippen LogP contribution is -2.20. The van der Waals surface area contributed by atoms with E-state index in [-0.39, 0.29) is 0 Å². The molecule has 0 radical (unpaired) electrons. The minimum Gasteiger partial charge on any atom is -0.382 e. The summed E-state index contributed by atoms with van der Waals surface area (Å²) in [5.74, 6) is 1.16. The van der Waals surface area contributed by atoms with Gasteiger partial charge in [-0.2, -0.15) is 0 Å². The Hall–Kier alpha value is -2.30. The normalized spacial score (nSPS) is 10.2. The van der Waals surface area contributed by atoms with E-state index in [2.05, 4.69) is 39.4 Å². The highest BCUT2D eigenvalue weighted by Gasteiger charge is 1.99. The zero-order chi connectivity index (χ0) is 13.5. The smallest absolute Gasteiger partial charge is 0.146 e. The summed E-state index contributed by atoms with van der Waals surface area (Å²) in [5, 5.41) is 3.21. The van der Waals surface area contributed by atoms with Gasteiger partial charge in [0.25, 0.3) is 0 Å². The van der Waals surface area contributed by atoms with E-state index < -0.39 is 0 Å². The standard InChI is InChI=1S/C14H19N5/c1-19(12-6-3-2-4-7-12)9-5-8-17-14-11-16-10-13(15)18-14/h2-4,6-7,10-11H,5,8-9H2,1H3,(H3,15,17,18). The molecular weight excluding hydrogens is 238 g/mol. The lowest BCUT2D eigenvalue weighted by Gasteiger charge is -2.19. The second kappa shape index (κ2) is 6.58. The second-order valence-electron chi connectivity index (χ2n) is 4.37. The molecule has 2 rings (SSSR count). The van der Waals surface area contributed by atoms with Crippen LogP contribution in [0.25, 0.3) is 0 Å². The molecule has 1 aromatic heterocycles. The predicted molar refractivity (Wildman–Crippen MR) is 79.3 cm³/mol. The molecule has 19 heavy (non-hydrogen) atoms. The van der Waals surface area contributed by atoms with Crippen molar-refractivity contribution in [3.8, 4) is 0 Å². The van der Waals surface area contributed by atoms with Crippen LogP contribution in [0.2, 0.25) is 0 Å². The first kappa shape index (κ1) is 13.1. The molecule has 0 aliphatic carbocycles. The van der Waals surface area contributed by atoms with Crippen molar-refractivity contribution in [2.45, 2.75) is 6.42 Å². The number of nitrogens with one attached hydrogen (secondary N) is 1. The van der Waals surface area contributed by atoms with Crippen molar-refractivity contribution in [3.63, 3.8) is 0 Å². The van der Waals surface area contributed by atoms with Crippen molar-refractivity contribution in [1.82, 2.24) is 9.97 Å². The van der Waals surface area contributed by atoms with Crippen LogP contribution in [0, 0.1) is 0 Å². The van der Waals surface area contributed by atoms with Gasteiger partial charge in [0.15, 0.2) is 0 Å². The van der Waals surface area contributed by atoms with E-state index in [1.807, 2.05) is 18.2 Å². The van der Waals surface area contributed by atoms with Gasteiger partial charge in [-0.15, -0.1) is 0 Å². The Balaban J connectivity index is 1.72. The minimum absolute atomic E-state index is 0.436. The molecule has 0 saturated heterocycles. The molecule has 2 aromatic rings. The number of anilines is 3. The average molecular weight is 257 g/mol. The van der Waals surface area contributed by atoms with Crippen LogP contribution in [-0.2, 0) is 0 Å². The molecule has 0 atom stereocenters. The third-order valence-corrected chi connectivity index (χ3v) is 2.83. The van der Waals surface area contributed by atoms with E-state index in [1.54, 1.807) is 6.20 Å². The van der Waals surface area contributed by atoms with Crippen LogP contribution >= 0.6 is 0 Å². The molecule has 0 unspecified atom stereocenters. The number of hydrogen-bond donors (Lipinski definition) is 2. The fourth-order valence-corrected chi connectivity index (χ4v) is 1.81. The van der Waals surface area contributed by atoms with Gasteiger partial charge in [0.1, 0.15) is 11.6 Å². The molecule has 0 aliphatic rings. The van der Waals surface area contributed by atoms with Crippen LogP contribution in [-0.4, -0.2) is 30.1 Å². The second-order valence-corrected chi connectivity index (χ2v) is 4.37. The largest absolute Gasteiger partial charge is 0.382 e. The molecule has 3 N–H and O–H groups in total. The average Bonchev–Trinajstić information content (AvgIpc) is 2.44. The molecule has 1 heterocycles.